The van der Waals surface area contributed by atoms with E-state index in [1.807, 2.05) is 26.0 Å². The Morgan fingerprint density at radius 3 is 2.72 bits per heavy atom. The molecule has 0 bridgehead atoms. The van der Waals surface area contributed by atoms with E-state index in [1.54, 1.807) is 31.4 Å². The smallest absolute Gasteiger partial charge is 0.206 e. The Hall–Kier alpha value is -2.86. The Morgan fingerprint density at radius 1 is 1.20 bits per heavy atom. The number of nitrogens with two attached hydrogens (primary N) is 1. The van der Waals surface area contributed by atoms with Gasteiger partial charge in [0.15, 0.2) is 5.13 Å². The molecule has 0 amide bonds. The van der Waals surface area contributed by atoms with Crippen molar-refractivity contribution in [3.63, 3.8) is 0 Å². The Kier molecular flexibility index (Phi) is 4.72. The van der Waals surface area contributed by atoms with Crippen LogP contribution in [0, 0.1) is 13.8 Å². The number of hydrogen-bond acceptors (Lipinski definition) is 6. The predicted octanol–water partition coefficient (Wildman–Crippen LogP) is 4.33. The Morgan fingerprint density at radius 2 is 2.00 bits per heavy atom. The lowest BCUT2D eigenvalue weighted by Gasteiger charge is -2.07. The van der Waals surface area contributed by atoms with Gasteiger partial charge in [-0.15, -0.1) is 0 Å². The van der Waals surface area contributed by atoms with E-state index in [9.17, 15) is 4.79 Å². The maximum atomic E-state index is 12.7. The average molecular weight is 353 g/mol. The zero-order chi connectivity index (χ0) is 18.0. The van der Waals surface area contributed by atoms with Crippen molar-refractivity contribution >= 4 is 33.8 Å². The highest BCUT2D eigenvalue weighted by atomic mass is 32.1. The van der Waals surface area contributed by atoms with Gasteiger partial charge in [0, 0.05) is 11.3 Å². The standard InChI is InChI=1S/C19H19N3O2S/c1-11-7-8-15(12(2)9-11)21-19-22-18(20)17(25-19)16(23)13-5-4-6-14(10-13)24-3/h4-10H,20H2,1-3H3,(H,21,22). The number of ether oxygens (including phenoxy) is 1. The number of carbonyl (C=O) groups excluding carboxylic acids is 1. The summed E-state index contributed by atoms with van der Waals surface area (Å²) in [6.07, 6.45) is 0. The van der Waals surface area contributed by atoms with Crippen LogP contribution in [0.1, 0.15) is 26.4 Å². The number of benzene rings is 2. The summed E-state index contributed by atoms with van der Waals surface area (Å²) in [4.78, 5) is 17.4. The van der Waals surface area contributed by atoms with Crippen molar-refractivity contribution in [1.82, 2.24) is 4.98 Å². The number of nitrogens with zero attached hydrogens (tertiary/aromatic N) is 1. The number of aryl methyl sites for hydroxylation is 2. The van der Waals surface area contributed by atoms with Crippen LogP contribution in [0.15, 0.2) is 42.5 Å². The molecule has 3 N–H and O–H groups in total. The third-order valence-electron chi connectivity index (χ3n) is 3.82. The summed E-state index contributed by atoms with van der Waals surface area (Å²) in [6, 6.07) is 13.1. The fraction of sp³-hybridized carbons (Fsp3) is 0.158. The van der Waals surface area contributed by atoms with Crippen molar-refractivity contribution < 1.29 is 9.53 Å². The highest BCUT2D eigenvalue weighted by Gasteiger charge is 2.18. The van der Waals surface area contributed by atoms with Gasteiger partial charge in [-0.05, 0) is 37.6 Å². The maximum absolute atomic E-state index is 12.7. The molecule has 0 radical (unpaired) electrons. The molecule has 0 atom stereocenters. The summed E-state index contributed by atoms with van der Waals surface area (Å²) in [5.41, 5.74) is 9.73. The lowest BCUT2D eigenvalue weighted by atomic mass is 10.1. The molecule has 0 saturated heterocycles. The van der Waals surface area contributed by atoms with Gasteiger partial charge in [-0.25, -0.2) is 4.98 Å². The van der Waals surface area contributed by atoms with Crippen molar-refractivity contribution in [2.45, 2.75) is 13.8 Å². The van der Waals surface area contributed by atoms with Crippen LogP contribution in [0.3, 0.4) is 0 Å². The Balaban J connectivity index is 1.88. The molecule has 5 nitrogen and oxygen atoms in total. The van der Waals surface area contributed by atoms with Crippen molar-refractivity contribution in [1.29, 1.82) is 0 Å². The Labute approximate surface area is 150 Å². The number of anilines is 3. The van der Waals surface area contributed by atoms with Crippen LogP contribution in [0.5, 0.6) is 5.75 Å². The second kappa shape index (κ2) is 6.94. The molecular weight excluding hydrogens is 334 g/mol. The SMILES string of the molecule is COc1cccc(C(=O)c2sc(Nc3ccc(C)cc3C)nc2N)c1. The number of carbonyl (C=O) groups is 1. The van der Waals surface area contributed by atoms with Gasteiger partial charge in [0.25, 0.3) is 0 Å². The first kappa shape index (κ1) is 17.0. The highest BCUT2D eigenvalue weighted by molar-refractivity contribution is 7.18. The van der Waals surface area contributed by atoms with Gasteiger partial charge in [-0.2, -0.15) is 0 Å². The molecule has 3 rings (SSSR count). The van der Waals surface area contributed by atoms with E-state index in [4.69, 9.17) is 10.5 Å². The molecule has 1 heterocycles. The van der Waals surface area contributed by atoms with Crippen LogP contribution in [-0.2, 0) is 0 Å². The molecule has 25 heavy (non-hydrogen) atoms. The first-order chi connectivity index (χ1) is 12.0. The number of thiazole rings is 1. The van der Waals surface area contributed by atoms with E-state index in [1.165, 1.54) is 16.9 Å². The predicted molar refractivity (Wildman–Crippen MR) is 102 cm³/mol. The van der Waals surface area contributed by atoms with Crippen LogP contribution in [0.25, 0.3) is 0 Å². The molecule has 0 aliphatic rings. The summed E-state index contributed by atoms with van der Waals surface area (Å²) in [6.45, 7) is 4.07. The second-order valence-electron chi connectivity index (χ2n) is 5.74. The lowest BCUT2D eigenvalue weighted by Crippen LogP contribution is -2.02. The molecule has 128 valence electrons. The van der Waals surface area contributed by atoms with Gasteiger partial charge >= 0.3 is 0 Å². The van der Waals surface area contributed by atoms with Crippen LogP contribution in [0.4, 0.5) is 16.6 Å². The number of nitrogens with one attached hydrogen (secondary N) is 1. The van der Waals surface area contributed by atoms with E-state index in [0.717, 1.165) is 11.3 Å². The minimum absolute atomic E-state index is 0.164. The third kappa shape index (κ3) is 3.64. The largest absolute Gasteiger partial charge is 0.497 e. The number of hydrogen-bond donors (Lipinski definition) is 2. The average Bonchev–Trinajstić information content (AvgIpc) is 2.97. The maximum Gasteiger partial charge on any atom is 0.206 e. The van der Waals surface area contributed by atoms with Crippen LogP contribution in [0.2, 0.25) is 0 Å². The fourth-order valence-corrected chi connectivity index (χ4v) is 3.37. The molecule has 0 fully saturated rings. The van der Waals surface area contributed by atoms with Crippen molar-refractivity contribution in [3.8, 4) is 5.75 Å². The number of nitrogen functional groups attached to an aromatic ring is 1. The lowest BCUT2D eigenvalue weighted by molar-refractivity contribution is 0.104. The first-order valence-corrected chi connectivity index (χ1v) is 8.59. The first-order valence-electron chi connectivity index (χ1n) is 7.77. The summed E-state index contributed by atoms with van der Waals surface area (Å²) < 4.78 is 5.17. The van der Waals surface area contributed by atoms with Gasteiger partial charge in [0.05, 0.1) is 7.11 Å². The molecule has 0 aliphatic heterocycles. The molecule has 6 heteroatoms. The minimum Gasteiger partial charge on any atom is -0.497 e. The molecule has 0 saturated carbocycles. The van der Waals surface area contributed by atoms with Gasteiger partial charge in [-0.1, -0.05) is 41.2 Å². The highest BCUT2D eigenvalue weighted by Crippen LogP contribution is 2.31. The zero-order valence-corrected chi connectivity index (χ0v) is 15.1. The molecule has 3 aromatic rings. The van der Waals surface area contributed by atoms with E-state index >= 15 is 0 Å². The van der Waals surface area contributed by atoms with Crippen LogP contribution in [-0.4, -0.2) is 17.9 Å². The second-order valence-corrected chi connectivity index (χ2v) is 6.74. The number of aromatic nitrogens is 1. The Bertz CT molecular complexity index is 934. The van der Waals surface area contributed by atoms with E-state index in [0.29, 0.717) is 21.3 Å². The normalized spacial score (nSPS) is 10.5. The third-order valence-corrected chi connectivity index (χ3v) is 4.80. The van der Waals surface area contributed by atoms with Gasteiger partial charge in [0.2, 0.25) is 5.78 Å². The summed E-state index contributed by atoms with van der Waals surface area (Å²) in [5, 5.41) is 3.83. The number of methoxy groups -OCH3 is 1. The van der Waals surface area contributed by atoms with Gasteiger partial charge in [0.1, 0.15) is 16.4 Å². The minimum atomic E-state index is -0.164. The molecule has 0 aliphatic carbocycles. The molecular formula is C19H19N3O2S. The molecule has 1 aromatic heterocycles. The summed E-state index contributed by atoms with van der Waals surface area (Å²) >= 11 is 1.25. The van der Waals surface area contributed by atoms with Crippen molar-refractivity contribution in [2.75, 3.05) is 18.2 Å². The quantitative estimate of drug-likeness (QED) is 0.668. The molecule has 2 aromatic carbocycles. The van der Waals surface area contributed by atoms with Gasteiger partial charge < -0.3 is 15.8 Å². The summed E-state index contributed by atoms with van der Waals surface area (Å²) in [5.74, 6) is 0.690. The summed E-state index contributed by atoms with van der Waals surface area (Å²) in [7, 11) is 1.57. The monoisotopic (exact) mass is 353 g/mol. The molecule has 0 spiro atoms. The molecule has 0 unspecified atom stereocenters. The van der Waals surface area contributed by atoms with Gasteiger partial charge in [-0.3, -0.25) is 4.79 Å². The topological polar surface area (TPSA) is 77.2 Å². The van der Waals surface area contributed by atoms with Crippen molar-refractivity contribution in [2.24, 2.45) is 0 Å². The van der Waals surface area contributed by atoms with E-state index < -0.39 is 0 Å². The number of rotatable bonds is 5. The van der Waals surface area contributed by atoms with Crippen LogP contribution < -0.4 is 15.8 Å². The van der Waals surface area contributed by atoms with Crippen LogP contribution >= 0.6 is 11.3 Å². The van der Waals surface area contributed by atoms with E-state index in [2.05, 4.69) is 16.4 Å². The fourth-order valence-electron chi connectivity index (χ4n) is 2.51. The number of ketones is 1. The van der Waals surface area contributed by atoms with Crippen molar-refractivity contribution in [3.05, 3.63) is 64.0 Å². The zero-order valence-electron chi connectivity index (χ0n) is 14.3. The van der Waals surface area contributed by atoms with E-state index in [-0.39, 0.29) is 11.6 Å².